The Morgan fingerprint density at radius 1 is 1.38 bits per heavy atom. The molecule has 0 saturated heterocycles. The number of halogens is 1. The predicted molar refractivity (Wildman–Crippen MR) is 83.3 cm³/mol. The molecule has 3 N–H and O–H groups in total. The molecule has 0 amide bonds. The minimum atomic E-state index is -3.78. The fourth-order valence-electron chi connectivity index (χ4n) is 2.23. The summed E-state index contributed by atoms with van der Waals surface area (Å²) in [6, 6.07) is 4.50. The van der Waals surface area contributed by atoms with Crippen LogP contribution in [0.25, 0.3) is 0 Å². The molecule has 1 atom stereocenters. The molecule has 4 nitrogen and oxygen atoms in total. The molecule has 1 aromatic carbocycles. The average molecular weight is 328 g/mol. The van der Waals surface area contributed by atoms with Gasteiger partial charge in [0.1, 0.15) is 5.82 Å². The third kappa shape index (κ3) is 3.09. The smallest absolute Gasteiger partial charge is 0.241 e. The number of hydrogen-bond acceptors (Lipinski definition) is 4. The molecule has 1 heterocycles. The molecule has 0 spiro atoms. The van der Waals surface area contributed by atoms with Gasteiger partial charge in [-0.05, 0) is 49.4 Å². The van der Waals surface area contributed by atoms with Crippen LogP contribution in [0.1, 0.15) is 29.0 Å². The molecule has 0 saturated carbocycles. The highest BCUT2D eigenvalue weighted by molar-refractivity contribution is 7.89. The maximum absolute atomic E-state index is 13.6. The fourth-order valence-corrected chi connectivity index (χ4v) is 4.75. The van der Waals surface area contributed by atoms with Gasteiger partial charge in [-0.1, -0.05) is 6.07 Å². The van der Waals surface area contributed by atoms with Gasteiger partial charge in [-0.2, -0.15) is 0 Å². The Bertz CT molecular complexity index is 756. The van der Waals surface area contributed by atoms with Crippen LogP contribution in [0.3, 0.4) is 0 Å². The first-order valence-corrected chi connectivity index (χ1v) is 8.71. The van der Waals surface area contributed by atoms with Gasteiger partial charge in [-0.25, -0.2) is 17.5 Å². The van der Waals surface area contributed by atoms with Crippen molar-refractivity contribution < 1.29 is 12.8 Å². The van der Waals surface area contributed by atoms with Gasteiger partial charge in [0.05, 0.1) is 16.6 Å². The number of benzene rings is 1. The van der Waals surface area contributed by atoms with Crippen molar-refractivity contribution in [3.63, 3.8) is 0 Å². The number of nitrogens with one attached hydrogen (secondary N) is 1. The molecule has 7 heteroatoms. The zero-order valence-electron chi connectivity index (χ0n) is 12.0. The van der Waals surface area contributed by atoms with Crippen molar-refractivity contribution in [3.05, 3.63) is 45.4 Å². The molecule has 0 radical (unpaired) electrons. The molecular weight excluding hydrogens is 311 g/mol. The van der Waals surface area contributed by atoms with Crippen molar-refractivity contribution in [2.75, 3.05) is 5.73 Å². The SMILES string of the molecule is Cc1cc(F)c(N)c(C)c1S(=O)(=O)NC(C)c1cccs1. The van der Waals surface area contributed by atoms with Crippen molar-refractivity contribution in [1.82, 2.24) is 4.72 Å². The van der Waals surface area contributed by atoms with Gasteiger partial charge >= 0.3 is 0 Å². The Kier molecular flexibility index (Phi) is 4.36. The van der Waals surface area contributed by atoms with Crippen LogP contribution < -0.4 is 10.5 Å². The summed E-state index contributed by atoms with van der Waals surface area (Å²) in [4.78, 5) is 0.953. The van der Waals surface area contributed by atoms with Crippen molar-refractivity contribution in [2.45, 2.75) is 31.7 Å². The lowest BCUT2D eigenvalue weighted by molar-refractivity contribution is 0.566. The zero-order chi connectivity index (χ0) is 15.8. The average Bonchev–Trinajstić information content (AvgIpc) is 2.89. The normalized spacial score (nSPS) is 13.3. The summed E-state index contributed by atoms with van der Waals surface area (Å²) in [6.07, 6.45) is 0. The van der Waals surface area contributed by atoms with Crippen LogP contribution in [0.5, 0.6) is 0 Å². The van der Waals surface area contributed by atoms with E-state index in [0.717, 1.165) is 10.9 Å². The molecule has 114 valence electrons. The van der Waals surface area contributed by atoms with E-state index in [0.29, 0.717) is 5.56 Å². The van der Waals surface area contributed by atoms with Crippen LogP contribution in [-0.2, 0) is 10.0 Å². The standard InChI is InChI=1S/C14H17FN2O2S2/c1-8-7-11(15)13(16)9(2)14(8)21(18,19)17-10(3)12-5-4-6-20-12/h4-7,10,17H,16H2,1-3H3. The van der Waals surface area contributed by atoms with Crippen LogP contribution in [0.2, 0.25) is 0 Å². The van der Waals surface area contributed by atoms with Crippen molar-refractivity contribution in [3.8, 4) is 0 Å². The Morgan fingerprint density at radius 3 is 2.62 bits per heavy atom. The summed E-state index contributed by atoms with van der Waals surface area (Å²) < 4.78 is 41.3. The van der Waals surface area contributed by atoms with E-state index in [9.17, 15) is 12.8 Å². The third-order valence-electron chi connectivity index (χ3n) is 3.27. The van der Waals surface area contributed by atoms with E-state index in [1.165, 1.54) is 18.3 Å². The third-order valence-corrected chi connectivity index (χ3v) is 6.16. The number of nitrogens with two attached hydrogens (primary N) is 1. The maximum atomic E-state index is 13.6. The van der Waals surface area contributed by atoms with E-state index in [1.54, 1.807) is 13.8 Å². The van der Waals surface area contributed by atoms with E-state index in [2.05, 4.69) is 4.72 Å². The first-order valence-electron chi connectivity index (χ1n) is 6.35. The summed E-state index contributed by atoms with van der Waals surface area (Å²) in [5, 5.41) is 1.88. The van der Waals surface area contributed by atoms with Crippen LogP contribution in [0.15, 0.2) is 28.5 Å². The monoisotopic (exact) mass is 328 g/mol. The highest BCUT2D eigenvalue weighted by Crippen LogP contribution is 2.29. The molecule has 0 fully saturated rings. The van der Waals surface area contributed by atoms with Crippen molar-refractivity contribution in [1.29, 1.82) is 0 Å². The van der Waals surface area contributed by atoms with Crippen LogP contribution in [0, 0.1) is 19.7 Å². The molecule has 1 unspecified atom stereocenters. The van der Waals surface area contributed by atoms with E-state index in [1.807, 2.05) is 17.5 Å². The number of thiophene rings is 1. The van der Waals surface area contributed by atoms with Gasteiger partial charge in [0.2, 0.25) is 10.0 Å². The molecule has 1 aromatic heterocycles. The van der Waals surface area contributed by atoms with E-state index in [4.69, 9.17) is 5.73 Å². The fraction of sp³-hybridized carbons (Fsp3) is 0.286. The quantitative estimate of drug-likeness (QED) is 0.847. The summed E-state index contributed by atoms with van der Waals surface area (Å²) in [5.41, 5.74) is 6.05. The number of rotatable bonds is 4. The topological polar surface area (TPSA) is 72.2 Å². The minimum absolute atomic E-state index is 0.0461. The lowest BCUT2D eigenvalue weighted by Gasteiger charge is -2.17. The maximum Gasteiger partial charge on any atom is 0.241 e. The number of nitrogen functional groups attached to an aromatic ring is 1. The summed E-state index contributed by atoms with van der Waals surface area (Å²) in [6.45, 7) is 4.83. The second-order valence-corrected chi connectivity index (χ2v) is 7.53. The summed E-state index contributed by atoms with van der Waals surface area (Å²) in [7, 11) is -3.78. The second kappa shape index (κ2) is 5.75. The first-order chi connectivity index (χ1) is 9.74. The molecule has 2 rings (SSSR count). The van der Waals surface area contributed by atoms with E-state index < -0.39 is 15.8 Å². The van der Waals surface area contributed by atoms with Gasteiger partial charge < -0.3 is 5.73 Å². The van der Waals surface area contributed by atoms with Gasteiger partial charge in [-0.15, -0.1) is 11.3 Å². The lowest BCUT2D eigenvalue weighted by Crippen LogP contribution is -2.28. The Balaban J connectivity index is 2.43. The molecule has 0 aliphatic heterocycles. The highest BCUT2D eigenvalue weighted by Gasteiger charge is 2.25. The van der Waals surface area contributed by atoms with Crippen molar-refractivity contribution in [2.24, 2.45) is 0 Å². The van der Waals surface area contributed by atoms with Crippen molar-refractivity contribution >= 4 is 27.0 Å². The van der Waals surface area contributed by atoms with Crippen LogP contribution in [0.4, 0.5) is 10.1 Å². The van der Waals surface area contributed by atoms with E-state index >= 15 is 0 Å². The number of aryl methyl sites for hydroxylation is 1. The van der Waals surface area contributed by atoms with E-state index in [-0.39, 0.29) is 22.2 Å². The second-order valence-electron chi connectivity index (χ2n) is 4.90. The Hall–Kier alpha value is -1.44. The number of hydrogen-bond donors (Lipinski definition) is 2. The van der Waals surface area contributed by atoms with Crippen LogP contribution in [-0.4, -0.2) is 8.42 Å². The zero-order valence-corrected chi connectivity index (χ0v) is 13.6. The molecule has 0 bridgehead atoms. The Morgan fingerprint density at radius 2 is 2.05 bits per heavy atom. The molecule has 0 aliphatic carbocycles. The molecule has 2 aromatic rings. The highest BCUT2D eigenvalue weighted by atomic mass is 32.2. The van der Waals surface area contributed by atoms with Gasteiger partial charge in [0.15, 0.2) is 0 Å². The van der Waals surface area contributed by atoms with Gasteiger partial charge in [0, 0.05) is 4.88 Å². The summed E-state index contributed by atoms with van der Waals surface area (Å²) in [5.74, 6) is -0.602. The van der Waals surface area contributed by atoms with Gasteiger partial charge in [-0.3, -0.25) is 0 Å². The molecular formula is C14H17FN2O2S2. The minimum Gasteiger partial charge on any atom is -0.396 e. The number of sulfonamides is 1. The summed E-state index contributed by atoms with van der Waals surface area (Å²) >= 11 is 1.47. The predicted octanol–water partition coefficient (Wildman–Crippen LogP) is 3.13. The lowest BCUT2D eigenvalue weighted by atomic mass is 10.1. The Labute approximate surface area is 127 Å². The largest absolute Gasteiger partial charge is 0.396 e. The molecule has 21 heavy (non-hydrogen) atoms. The number of anilines is 1. The molecule has 0 aliphatic rings. The first kappa shape index (κ1) is 15.9. The van der Waals surface area contributed by atoms with Crippen LogP contribution >= 0.6 is 11.3 Å². The van der Waals surface area contributed by atoms with Gasteiger partial charge in [0.25, 0.3) is 0 Å².